The molecule has 4 aromatic rings. The summed E-state index contributed by atoms with van der Waals surface area (Å²) in [6.45, 7) is 1.89. The summed E-state index contributed by atoms with van der Waals surface area (Å²) in [5.74, 6) is 0.525. The SMILES string of the molecule is CC(c1ccccc1)(c1ccccc1)N(CCCOc1ccc(C=O)cc1)C(Cl)(c1ccccc1)C(F)(F)F. The minimum absolute atomic E-state index is 0.0371. The summed E-state index contributed by atoms with van der Waals surface area (Å²) in [5.41, 5.74) is 0.525. The number of alkyl halides is 4. The van der Waals surface area contributed by atoms with E-state index in [4.69, 9.17) is 16.3 Å². The summed E-state index contributed by atoms with van der Waals surface area (Å²) in [7, 11) is 0. The molecule has 3 nitrogen and oxygen atoms in total. The zero-order valence-corrected chi connectivity index (χ0v) is 22.2. The maximum absolute atomic E-state index is 15.2. The van der Waals surface area contributed by atoms with E-state index < -0.39 is 16.7 Å². The van der Waals surface area contributed by atoms with E-state index in [0.29, 0.717) is 22.4 Å². The van der Waals surface area contributed by atoms with Crippen molar-refractivity contribution >= 4 is 17.9 Å². The van der Waals surface area contributed by atoms with Gasteiger partial charge in [-0.3, -0.25) is 9.69 Å². The Hall–Kier alpha value is -3.61. The second-order valence-electron chi connectivity index (χ2n) is 9.33. The van der Waals surface area contributed by atoms with Crippen LogP contribution in [-0.2, 0) is 10.5 Å². The van der Waals surface area contributed by atoms with Crippen molar-refractivity contribution in [3.8, 4) is 5.75 Å². The number of halogens is 4. The highest BCUT2D eigenvalue weighted by molar-refractivity contribution is 6.24. The molecule has 0 N–H and O–H groups in total. The van der Waals surface area contributed by atoms with Gasteiger partial charge in [0.05, 0.1) is 12.1 Å². The van der Waals surface area contributed by atoms with Crippen LogP contribution in [0.2, 0.25) is 0 Å². The topological polar surface area (TPSA) is 29.5 Å². The summed E-state index contributed by atoms with van der Waals surface area (Å²) in [6, 6.07) is 32.4. The smallest absolute Gasteiger partial charge is 0.425 e. The van der Waals surface area contributed by atoms with E-state index >= 15 is 13.2 Å². The van der Waals surface area contributed by atoms with Crippen molar-refractivity contribution in [1.29, 1.82) is 0 Å². The molecule has 7 heteroatoms. The zero-order chi connectivity index (χ0) is 27.9. The Morgan fingerprint density at radius 2 is 1.21 bits per heavy atom. The molecule has 0 fully saturated rings. The molecule has 1 atom stereocenters. The third-order valence-electron chi connectivity index (χ3n) is 6.93. The Morgan fingerprint density at radius 1 is 0.744 bits per heavy atom. The van der Waals surface area contributed by atoms with Crippen molar-refractivity contribution in [2.24, 2.45) is 0 Å². The van der Waals surface area contributed by atoms with Gasteiger partial charge in [0.1, 0.15) is 12.0 Å². The molecule has 0 aliphatic rings. The first-order chi connectivity index (χ1) is 18.7. The number of carbonyl (C=O) groups is 1. The van der Waals surface area contributed by atoms with Crippen LogP contribution in [0.1, 0.15) is 40.4 Å². The van der Waals surface area contributed by atoms with Crippen molar-refractivity contribution in [2.75, 3.05) is 13.2 Å². The van der Waals surface area contributed by atoms with Gasteiger partial charge in [0, 0.05) is 12.1 Å². The second-order valence-corrected chi connectivity index (χ2v) is 9.88. The Balaban J connectivity index is 1.79. The quantitative estimate of drug-likeness (QED) is 0.0814. The minimum atomic E-state index is -4.83. The summed E-state index contributed by atoms with van der Waals surface area (Å²) < 4.78 is 51.5. The van der Waals surface area contributed by atoms with Gasteiger partial charge in [-0.1, -0.05) is 103 Å². The molecule has 39 heavy (non-hydrogen) atoms. The van der Waals surface area contributed by atoms with Crippen molar-refractivity contribution in [3.63, 3.8) is 0 Å². The molecule has 0 amide bonds. The molecule has 0 aliphatic carbocycles. The van der Waals surface area contributed by atoms with Gasteiger partial charge in [0.2, 0.25) is 5.00 Å². The molecule has 0 spiro atoms. The fraction of sp³-hybridized carbons (Fsp3) is 0.219. The van der Waals surface area contributed by atoms with Gasteiger partial charge in [-0.25, -0.2) is 0 Å². The average molecular weight is 552 g/mol. The van der Waals surface area contributed by atoms with E-state index in [0.717, 1.165) is 6.29 Å². The van der Waals surface area contributed by atoms with Gasteiger partial charge in [-0.15, -0.1) is 0 Å². The highest BCUT2D eigenvalue weighted by atomic mass is 35.5. The molecule has 202 valence electrons. The van der Waals surface area contributed by atoms with Crippen LogP contribution in [0.15, 0.2) is 115 Å². The molecule has 0 saturated carbocycles. The van der Waals surface area contributed by atoms with Crippen LogP contribution in [0.3, 0.4) is 0 Å². The van der Waals surface area contributed by atoms with E-state index in [1.165, 1.54) is 17.0 Å². The van der Waals surface area contributed by atoms with E-state index in [1.807, 2.05) is 60.7 Å². The zero-order valence-electron chi connectivity index (χ0n) is 21.4. The van der Waals surface area contributed by atoms with Crippen LogP contribution in [0.25, 0.3) is 0 Å². The molecule has 0 saturated heterocycles. The lowest BCUT2D eigenvalue weighted by molar-refractivity contribution is -0.220. The average Bonchev–Trinajstić information content (AvgIpc) is 2.97. The number of hydrogen-bond acceptors (Lipinski definition) is 3. The largest absolute Gasteiger partial charge is 0.494 e. The number of aldehydes is 1. The summed E-state index contributed by atoms with van der Waals surface area (Å²) in [4.78, 5) is 9.41. The summed E-state index contributed by atoms with van der Waals surface area (Å²) >= 11 is 6.85. The second kappa shape index (κ2) is 12.1. The number of carbonyl (C=O) groups excluding carboxylic acids is 1. The lowest BCUT2D eigenvalue weighted by Gasteiger charge is -2.51. The highest BCUT2D eigenvalue weighted by Gasteiger charge is 2.62. The third kappa shape index (κ3) is 5.87. The van der Waals surface area contributed by atoms with Gasteiger partial charge < -0.3 is 4.74 Å². The number of nitrogens with zero attached hydrogens (tertiary/aromatic N) is 1. The predicted molar refractivity (Wildman–Crippen MR) is 148 cm³/mol. The maximum Gasteiger partial charge on any atom is 0.425 e. The number of ether oxygens (including phenoxy) is 1. The van der Waals surface area contributed by atoms with Crippen molar-refractivity contribution in [1.82, 2.24) is 4.90 Å². The predicted octanol–water partition coefficient (Wildman–Crippen LogP) is 8.19. The van der Waals surface area contributed by atoms with Crippen LogP contribution >= 0.6 is 11.6 Å². The van der Waals surface area contributed by atoms with Gasteiger partial charge >= 0.3 is 6.18 Å². The lowest BCUT2D eigenvalue weighted by atomic mass is 9.80. The molecule has 1 unspecified atom stereocenters. The first-order valence-corrected chi connectivity index (χ1v) is 13.0. The van der Waals surface area contributed by atoms with Crippen LogP contribution in [0, 0.1) is 0 Å². The fourth-order valence-electron chi connectivity index (χ4n) is 4.88. The summed E-state index contributed by atoms with van der Waals surface area (Å²) in [5, 5.41) is 0. The van der Waals surface area contributed by atoms with E-state index in [2.05, 4.69) is 0 Å². The van der Waals surface area contributed by atoms with Gasteiger partial charge in [0.15, 0.2) is 0 Å². The Bertz CT molecular complexity index is 1290. The molecule has 0 heterocycles. The van der Waals surface area contributed by atoms with E-state index in [1.54, 1.807) is 49.4 Å². The van der Waals surface area contributed by atoms with Gasteiger partial charge in [0.25, 0.3) is 0 Å². The van der Waals surface area contributed by atoms with Crippen LogP contribution in [0.5, 0.6) is 5.75 Å². The van der Waals surface area contributed by atoms with Crippen molar-refractivity contribution in [3.05, 3.63) is 138 Å². The molecular formula is C32H29ClF3NO2. The Kier molecular flexibility index (Phi) is 8.78. The van der Waals surface area contributed by atoms with Crippen molar-refractivity contribution in [2.45, 2.75) is 30.1 Å². The molecule has 0 aromatic heterocycles. The molecule has 4 rings (SSSR count). The monoisotopic (exact) mass is 551 g/mol. The lowest BCUT2D eigenvalue weighted by Crippen LogP contribution is -2.60. The normalized spacial score (nSPS) is 13.6. The minimum Gasteiger partial charge on any atom is -0.494 e. The standard InChI is InChI=1S/C32H29ClF3NO2/c1-30(26-12-5-2-6-13-26,27-14-7-3-8-15-27)37(22-11-23-39-29-20-18-25(24-38)19-21-29)31(33,32(34,35)36)28-16-9-4-10-17-28/h2-10,12-21,24H,11,22-23H2,1H3. The van der Waals surface area contributed by atoms with Crippen LogP contribution in [0.4, 0.5) is 13.2 Å². The number of hydrogen-bond donors (Lipinski definition) is 0. The molecule has 4 aromatic carbocycles. The fourth-order valence-corrected chi connectivity index (χ4v) is 5.26. The maximum atomic E-state index is 15.2. The van der Waals surface area contributed by atoms with Crippen molar-refractivity contribution < 1.29 is 22.7 Å². The molecule has 0 aliphatic heterocycles. The third-order valence-corrected chi connectivity index (χ3v) is 7.56. The first kappa shape index (κ1) is 28.4. The van der Waals surface area contributed by atoms with Crippen LogP contribution in [-0.4, -0.2) is 30.5 Å². The number of rotatable bonds is 11. The Morgan fingerprint density at radius 3 is 1.64 bits per heavy atom. The van der Waals surface area contributed by atoms with Crippen LogP contribution < -0.4 is 4.74 Å². The van der Waals surface area contributed by atoms with E-state index in [9.17, 15) is 4.79 Å². The highest BCUT2D eigenvalue weighted by Crippen LogP contribution is 2.53. The molecule has 0 radical (unpaired) electrons. The summed E-state index contributed by atoms with van der Waals surface area (Å²) in [6.07, 6.45) is -3.84. The molecule has 0 bridgehead atoms. The number of benzene rings is 4. The first-order valence-electron chi connectivity index (χ1n) is 12.6. The van der Waals surface area contributed by atoms with Gasteiger partial charge in [-0.05, 0) is 54.3 Å². The molecular weight excluding hydrogens is 523 g/mol. The van der Waals surface area contributed by atoms with Gasteiger partial charge in [-0.2, -0.15) is 13.2 Å². The Labute approximate surface area is 231 Å². The van der Waals surface area contributed by atoms with E-state index in [-0.39, 0.29) is 25.1 Å².